The minimum Gasteiger partial charge on any atom is -0.506 e. The van der Waals surface area contributed by atoms with Gasteiger partial charge in [-0.15, -0.1) is 11.3 Å². The number of aromatic nitrogens is 4. The molecule has 0 fully saturated rings. The van der Waals surface area contributed by atoms with Crippen molar-refractivity contribution in [3.63, 3.8) is 0 Å². The van der Waals surface area contributed by atoms with Gasteiger partial charge in [-0.1, -0.05) is 6.07 Å². The lowest BCUT2D eigenvalue weighted by Gasteiger charge is -2.16. The van der Waals surface area contributed by atoms with Crippen LogP contribution in [0.5, 0.6) is 5.75 Å². The zero-order valence-corrected chi connectivity index (χ0v) is 16.1. The third-order valence-corrected chi connectivity index (χ3v) is 5.27. The Labute approximate surface area is 168 Å². The lowest BCUT2D eigenvalue weighted by Crippen LogP contribution is -2.43. The van der Waals surface area contributed by atoms with Crippen molar-refractivity contribution in [1.82, 2.24) is 25.3 Å². The molecule has 0 aliphatic carbocycles. The number of methoxy groups -OCH3 is 1. The summed E-state index contributed by atoms with van der Waals surface area (Å²) < 4.78 is 4.81. The molecular weight excluding hydrogens is 394 g/mol. The van der Waals surface area contributed by atoms with Crippen LogP contribution in [0.25, 0.3) is 21.7 Å². The number of aromatic hydroxyl groups is 1. The molecule has 1 aromatic carbocycles. The maximum absolute atomic E-state index is 12.9. The van der Waals surface area contributed by atoms with Crippen LogP contribution in [0.1, 0.15) is 16.1 Å². The van der Waals surface area contributed by atoms with E-state index < -0.39 is 17.9 Å². The van der Waals surface area contributed by atoms with Crippen LogP contribution in [-0.2, 0) is 16.0 Å². The van der Waals surface area contributed by atoms with Crippen molar-refractivity contribution in [3.8, 4) is 16.5 Å². The van der Waals surface area contributed by atoms with Gasteiger partial charge in [-0.05, 0) is 23.6 Å². The first-order valence-electron chi connectivity index (χ1n) is 8.68. The highest BCUT2D eigenvalue weighted by Crippen LogP contribution is 2.30. The van der Waals surface area contributed by atoms with Crippen LogP contribution in [0, 0.1) is 0 Å². The molecule has 4 N–H and O–H groups in total. The molecule has 9 nitrogen and oxygen atoms in total. The van der Waals surface area contributed by atoms with Crippen molar-refractivity contribution in [2.24, 2.45) is 0 Å². The Morgan fingerprint density at radius 1 is 1.34 bits per heavy atom. The molecule has 1 amide bonds. The zero-order chi connectivity index (χ0) is 20.4. The van der Waals surface area contributed by atoms with Crippen LogP contribution >= 0.6 is 11.3 Å². The molecule has 0 bridgehead atoms. The summed E-state index contributed by atoms with van der Waals surface area (Å²) in [5.74, 6) is -0.556. The molecule has 3 aromatic heterocycles. The summed E-state index contributed by atoms with van der Waals surface area (Å²) in [6, 6.07) is 5.74. The first-order chi connectivity index (χ1) is 14.1. The van der Waals surface area contributed by atoms with Gasteiger partial charge in [0, 0.05) is 18.3 Å². The maximum atomic E-state index is 12.9. The number of thiophene rings is 1. The number of esters is 1. The second-order valence-corrected chi connectivity index (χ2v) is 7.20. The van der Waals surface area contributed by atoms with Crippen LogP contribution in [0.3, 0.4) is 0 Å². The number of phenols is 1. The number of benzene rings is 1. The van der Waals surface area contributed by atoms with Crippen molar-refractivity contribution in [2.45, 2.75) is 12.5 Å². The number of carbonyl (C=O) groups is 2. The molecule has 0 saturated carbocycles. The number of carbonyl (C=O) groups excluding carboxylic acids is 2. The van der Waals surface area contributed by atoms with Crippen LogP contribution in [0.2, 0.25) is 0 Å². The number of hydrogen-bond donors (Lipinski definition) is 4. The molecule has 1 atom stereocenters. The minimum absolute atomic E-state index is 0.0196. The number of ether oxygens (including phenoxy) is 1. The second-order valence-electron chi connectivity index (χ2n) is 6.25. The smallest absolute Gasteiger partial charge is 0.328 e. The second kappa shape index (κ2) is 7.76. The predicted molar refractivity (Wildman–Crippen MR) is 107 cm³/mol. The topological polar surface area (TPSA) is 133 Å². The highest BCUT2D eigenvalue weighted by Gasteiger charge is 2.25. The quantitative estimate of drug-likeness (QED) is 0.360. The normalized spacial score (nSPS) is 12.0. The van der Waals surface area contributed by atoms with Gasteiger partial charge >= 0.3 is 5.97 Å². The van der Waals surface area contributed by atoms with Gasteiger partial charge in [0.25, 0.3) is 5.91 Å². The monoisotopic (exact) mass is 411 g/mol. The molecule has 1 unspecified atom stereocenters. The third-order valence-electron chi connectivity index (χ3n) is 4.39. The Morgan fingerprint density at radius 2 is 2.21 bits per heavy atom. The number of fused-ring (bicyclic) bond motifs is 1. The van der Waals surface area contributed by atoms with Gasteiger partial charge in [0.15, 0.2) is 0 Å². The van der Waals surface area contributed by atoms with Gasteiger partial charge < -0.3 is 25.1 Å². The van der Waals surface area contributed by atoms with Crippen molar-refractivity contribution >= 4 is 34.2 Å². The largest absolute Gasteiger partial charge is 0.506 e. The molecule has 0 aliphatic heterocycles. The fourth-order valence-electron chi connectivity index (χ4n) is 2.98. The van der Waals surface area contributed by atoms with Crippen LogP contribution < -0.4 is 5.32 Å². The standard InChI is InChI=1S/C19H17N5O4S/c1-28-19(27)12(7-10-8-20-9-21-10)22-18(26)11-4-5-13(25)16-15(11)23-17(24-16)14-3-2-6-29-14/h2-6,8-9,12,25H,7H2,1H3,(H,20,21)(H,22,26)(H,23,24). The highest BCUT2D eigenvalue weighted by atomic mass is 32.1. The summed E-state index contributed by atoms with van der Waals surface area (Å²) in [6.07, 6.45) is 3.26. The molecule has 0 radical (unpaired) electrons. The molecule has 0 spiro atoms. The SMILES string of the molecule is COC(=O)C(Cc1cnc[nH]1)NC(=O)c1ccc(O)c2[nH]c(-c3cccs3)nc12. The predicted octanol–water partition coefficient (Wildman–Crippen LogP) is 2.23. The molecule has 10 heteroatoms. The van der Waals surface area contributed by atoms with E-state index in [4.69, 9.17) is 4.74 Å². The minimum atomic E-state index is -0.910. The van der Waals surface area contributed by atoms with E-state index in [1.54, 1.807) is 6.20 Å². The van der Waals surface area contributed by atoms with Crippen molar-refractivity contribution < 1.29 is 19.4 Å². The van der Waals surface area contributed by atoms with Crippen LogP contribution in [0.15, 0.2) is 42.2 Å². The zero-order valence-electron chi connectivity index (χ0n) is 15.3. The van der Waals surface area contributed by atoms with Gasteiger partial charge in [0.2, 0.25) is 0 Å². The number of nitrogens with zero attached hydrogens (tertiary/aromatic N) is 2. The molecule has 29 heavy (non-hydrogen) atoms. The van der Waals surface area contributed by atoms with E-state index in [0.717, 1.165) is 4.88 Å². The van der Waals surface area contributed by atoms with E-state index in [-0.39, 0.29) is 17.7 Å². The fraction of sp³-hybridized carbons (Fsp3) is 0.158. The number of hydrogen-bond acceptors (Lipinski definition) is 7. The fourth-order valence-corrected chi connectivity index (χ4v) is 3.65. The highest BCUT2D eigenvalue weighted by molar-refractivity contribution is 7.13. The first kappa shape index (κ1) is 18.7. The summed E-state index contributed by atoms with van der Waals surface area (Å²) in [7, 11) is 1.26. The van der Waals surface area contributed by atoms with Gasteiger partial charge in [-0.25, -0.2) is 14.8 Å². The lowest BCUT2D eigenvalue weighted by molar-refractivity contribution is -0.142. The number of nitrogens with one attached hydrogen (secondary N) is 3. The Balaban J connectivity index is 1.66. The first-order valence-corrected chi connectivity index (χ1v) is 9.56. The van der Waals surface area contributed by atoms with Crippen molar-refractivity contribution in [1.29, 1.82) is 0 Å². The number of phenolic OH excluding ortho intramolecular Hbond substituents is 1. The van der Waals surface area contributed by atoms with E-state index >= 15 is 0 Å². The van der Waals surface area contributed by atoms with Crippen LogP contribution in [0.4, 0.5) is 0 Å². The van der Waals surface area contributed by atoms with E-state index in [1.165, 1.54) is 36.9 Å². The maximum Gasteiger partial charge on any atom is 0.328 e. The summed E-state index contributed by atoms with van der Waals surface area (Å²) in [4.78, 5) is 40.3. The Kier molecular flexibility index (Phi) is 5.00. The molecular formula is C19H17N5O4S. The number of H-pyrrole nitrogens is 2. The molecule has 0 aliphatic rings. The average molecular weight is 411 g/mol. The van der Waals surface area contributed by atoms with E-state index in [2.05, 4.69) is 25.3 Å². The third kappa shape index (κ3) is 3.69. The number of imidazole rings is 2. The van der Waals surface area contributed by atoms with Gasteiger partial charge in [0.05, 0.1) is 23.9 Å². The van der Waals surface area contributed by atoms with Crippen LogP contribution in [-0.4, -0.2) is 50.1 Å². The summed E-state index contributed by atoms with van der Waals surface area (Å²) in [5.41, 5.74) is 1.58. The van der Waals surface area contributed by atoms with Crippen molar-refractivity contribution in [2.75, 3.05) is 7.11 Å². The molecule has 4 aromatic rings. The summed E-state index contributed by atoms with van der Waals surface area (Å²) in [5, 5.41) is 14.8. The Bertz CT molecular complexity index is 1150. The van der Waals surface area contributed by atoms with E-state index in [9.17, 15) is 14.7 Å². The van der Waals surface area contributed by atoms with Gasteiger partial charge in [-0.2, -0.15) is 0 Å². The number of rotatable bonds is 6. The molecule has 0 saturated heterocycles. The average Bonchev–Trinajstić information content (AvgIpc) is 3.47. The number of amides is 1. The van der Waals surface area contributed by atoms with Gasteiger partial charge in [-0.3, -0.25) is 4.79 Å². The Hall–Kier alpha value is -3.66. The molecule has 148 valence electrons. The van der Waals surface area contributed by atoms with Crippen molar-refractivity contribution in [3.05, 3.63) is 53.4 Å². The van der Waals surface area contributed by atoms with E-state index in [1.807, 2.05) is 17.5 Å². The van der Waals surface area contributed by atoms with E-state index in [0.29, 0.717) is 22.6 Å². The molecule has 3 heterocycles. The summed E-state index contributed by atoms with van der Waals surface area (Å²) in [6.45, 7) is 0. The van der Waals surface area contributed by atoms with Gasteiger partial charge in [0.1, 0.15) is 28.6 Å². The lowest BCUT2D eigenvalue weighted by atomic mass is 10.1. The number of aromatic amines is 2. The Morgan fingerprint density at radius 3 is 2.90 bits per heavy atom. The summed E-state index contributed by atoms with van der Waals surface area (Å²) >= 11 is 1.48. The molecule has 4 rings (SSSR count).